The van der Waals surface area contributed by atoms with Gasteiger partial charge in [0.1, 0.15) is 5.82 Å². The first-order valence-corrected chi connectivity index (χ1v) is 7.24. The van der Waals surface area contributed by atoms with E-state index < -0.39 is 0 Å². The van der Waals surface area contributed by atoms with Gasteiger partial charge in [0, 0.05) is 44.8 Å². The van der Waals surface area contributed by atoms with E-state index in [0.29, 0.717) is 6.04 Å². The zero-order valence-electron chi connectivity index (χ0n) is 12.9. The predicted octanol–water partition coefficient (Wildman–Crippen LogP) is 0.978. The number of nitrogens with one attached hydrogen (secondary N) is 1. The van der Waals surface area contributed by atoms with Crippen LogP contribution in [0.4, 0.5) is 5.82 Å². The molecule has 1 saturated heterocycles. The van der Waals surface area contributed by atoms with Gasteiger partial charge >= 0.3 is 0 Å². The summed E-state index contributed by atoms with van der Waals surface area (Å²) in [5.41, 5.74) is 2.47. The quantitative estimate of drug-likeness (QED) is 0.880. The summed E-state index contributed by atoms with van der Waals surface area (Å²) in [7, 11) is 4.05. The van der Waals surface area contributed by atoms with Crippen molar-refractivity contribution in [2.24, 2.45) is 7.05 Å². The Hall–Kier alpha value is -1.07. The minimum atomic E-state index is 0.608. The summed E-state index contributed by atoms with van der Waals surface area (Å²) in [4.78, 5) is 5.03. The second-order valence-corrected chi connectivity index (χ2v) is 5.47. The van der Waals surface area contributed by atoms with Gasteiger partial charge in [0.05, 0.1) is 5.69 Å². The maximum Gasteiger partial charge on any atom is 0.131 e. The van der Waals surface area contributed by atoms with E-state index in [1.165, 1.54) is 11.4 Å². The van der Waals surface area contributed by atoms with Crippen molar-refractivity contribution in [3.8, 4) is 0 Å². The Balaban J connectivity index is 2.22. The number of anilines is 1. The Morgan fingerprint density at radius 1 is 1.37 bits per heavy atom. The number of likely N-dealkylation sites (N-methyl/N-ethyl adjacent to an activating group) is 1. The third-order valence-corrected chi connectivity index (χ3v) is 4.14. The van der Waals surface area contributed by atoms with Gasteiger partial charge in [-0.3, -0.25) is 9.58 Å². The molecule has 0 spiro atoms. The van der Waals surface area contributed by atoms with Crippen molar-refractivity contribution >= 4 is 5.82 Å². The Morgan fingerprint density at radius 2 is 2.11 bits per heavy atom. The lowest BCUT2D eigenvalue weighted by Crippen LogP contribution is -2.52. The van der Waals surface area contributed by atoms with Gasteiger partial charge in [-0.15, -0.1) is 0 Å². The van der Waals surface area contributed by atoms with Crippen LogP contribution in [0.2, 0.25) is 0 Å². The van der Waals surface area contributed by atoms with E-state index in [9.17, 15) is 0 Å². The van der Waals surface area contributed by atoms with Crippen LogP contribution in [0.3, 0.4) is 0 Å². The predicted molar refractivity (Wildman–Crippen MR) is 79.6 cm³/mol. The number of piperazine rings is 1. The molecule has 1 aliphatic heterocycles. The van der Waals surface area contributed by atoms with Crippen molar-refractivity contribution in [1.29, 1.82) is 0 Å². The summed E-state index contributed by atoms with van der Waals surface area (Å²) < 4.78 is 2.04. The van der Waals surface area contributed by atoms with Crippen LogP contribution in [-0.4, -0.2) is 53.9 Å². The van der Waals surface area contributed by atoms with Crippen LogP contribution in [0, 0.1) is 6.92 Å². The molecule has 1 aromatic rings. The lowest BCUT2D eigenvalue weighted by atomic mass is 10.1. The fraction of sp³-hybridized carbons (Fsp3) is 0.786. The van der Waals surface area contributed by atoms with Crippen LogP contribution >= 0.6 is 0 Å². The highest BCUT2D eigenvalue weighted by atomic mass is 15.4. The molecule has 1 atom stereocenters. The summed E-state index contributed by atoms with van der Waals surface area (Å²) in [5.74, 6) is 1.29. The molecule has 1 N–H and O–H groups in total. The van der Waals surface area contributed by atoms with Gasteiger partial charge in [0.2, 0.25) is 0 Å². The highest BCUT2D eigenvalue weighted by Crippen LogP contribution is 2.25. The van der Waals surface area contributed by atoms with Crippen molar-refractivity contribution in [2.45, 2.75) is 33.4 Å². The van der Waals surface area contributed by atoms with Gasteiger partial charge in [0.25, 0.3) is 0 Å². The summed E-state index contributed by atoms with van der Waals surface area (Å²) in [6, 6.07) is 0.608. The third kappa shape index (κ3) is 2.77. The van der Waals surface area contributed by atoms with Crippen molar-refractivity contribution in [1.82, 2.24) is 20.0 Å². The van der Waals surface area contributed by atoms with Crippen molar-refractivity contribution in [3.05, 3.63) is 11.3 Å². The highest BCUT2D eigenvalue weighted by Gasteiger charge is 2.26. The molecule has 0 saturated carbocycles. The molecular weight excluding hydrogens is 238 g/mol. The van der Waals surface area contributed by atoms with Gasteiger partial charge in [0.15, 0.2) is 0 Å². The average molecular weight is 265 g/mol. The maximum absolute atomic E-state index is 4.59. The molecule has 1 unspecified atom stereocenters. The largest absolute Gasteiger partial charge is 0.354 e. The van der Waals surface area contributed by atoms with E-state index in [1.54, 1.807) is 0 Å². The molecule has 0 aliphatic carbocycles. The molecule has 0 radical (unpaired) electrons. The molecule has 1 fully saturated rings. The molecule has 5 nitrogen and oxygen atoms in total. The van der Waals surface area contributed by atoms with Gasteiger partial charge in [-0.2, -0.15) is 5.10 Å². The molecule has 2 rings (SSSR count). The molecular formula is C14H27N5. The summed E-state index contributed by atoms with van der Waals surface area (Å²) in [6.45, 7) is 12.0. The van der Waals surface area contributed by atoms with Gasteiger partial charge in [-0.1, -0.05) is 6.92 Å². The van der Waals surface area contributed by atoms with Crippen LogP contribution < -0.4 is 10.2 Å². The number of aromatic nitrogens is 2. The van der Waals surface area contributed by atoms with Crippen LogP contribution in [0.1, 0.15) is 25.1 Å². The van der Waals surface area contributed by atoms with Crippen LogP contribution in [0.5, 0.6) is 0 Å². The smallest absolute Gasteiger partial charge is 0.131 e. The van der Waals surface area contributed by atoms with Gasteiger partial charge in [-0.05, 0) is 27.4 Å². The minimum absolute atomic E-state index is 0.608. The topological polar surface area (TPSA) is 36.3 Å². The number of nitrogens with zero attached hydrogens (tertiary/aromatic N) is 4. The summed E-state index contributed by atoms with van der Waals surface area (Å²) in [6.07, 6.45) is 0. The Bertz CT molecular complexity index is 426. The first-order valence-electron chi connectivity index (χ1n) is 7.24. The zero-order chi connectivity index (χ0) is 14.0. The number of aryl methyl sites for hydroxylation is 2. The fourth-order valence-electron chi connectivity index (χ4n) is 3.13. The third-order valence-electron chi connectivity index (χ3n) is 4.14. The van der Waals surface area contributed by atoms with Crippen molar-refractivity contribution in [2.75, 3.05) is 38.1 Å². The van der Waals surface area contributed by atoms with E-state index in [0.717, 1.165) is 38.4 Å². The second kappa shape index (κ2) is 5.92. The molecule has 1 aromatic heterocycles. The van der Waals surface area contributed by atoms with Gasteiger partial charge < -0.3 is 10.2 Å². The van der Waals surface area contributed by atoms with Crippen molar-refractivity contribution in [3.63, 3.8) is 0 Å². The van der Waals surface area contributed by atoms with Crippen LogP contribution in [0.15, 0.2) is 0 Å². The van der Waals surface area contributed by atoms with Crippen LogP contribution in [0.25, 0.3) is 0 Å². The lowest BCUT2D eigenvalue weighted by molar-refractivity contribution is 0.198. The number of hydrogen-bond acceptors (Lipinski definition) is 4. The van der Waals surface area contributed by atoms with Crippen molar-refractivity contribution < 1.29 is 0 Å². The SMILES string of the molecule is CCN1CCN(c2c(CNC)c(C)nn2C)CC1C. The normalized spacial score (nSPS) is 21.1. The molecule has 2 heterocycles. The fourth-order valence-corrected chi connectivity index (χ4v) is 3.13. The minimum Gasteiger partial charge on any atom is -0.354 e. The van der Waals surface area contributed by atoms with E-state index >= 15 is 0 Å². The molecule has 19 heavy (non-hydrogen) atoms. The second-order valence-electron chi connectivity index (χ2n) is 5.47. The maximum atomic E-state index is 4.59. The standard InChI is InChI=1S/C14H27N5/c1-6-18-7-8-19(10-11(18)2)14-13(9-15-4)12(3)16-17(14)5/h11,15H,6-10H2,1-5H3. The molecule has 0 bridgehead atoms. The Kier molecular flexibility index (Phi) is 4.47. The first-order chi connectivity index (χ1) is 9.08. The zero-order valence-corrected chi connectivity index (χ0v) is 12.9. The Morgan fingerprint density at radius 3 is 2.68 bits per heavy atom. The first kappa shape index (κ1) is 14.3. The van der Waals surface area contributed by atoms with Gasteiger partial charge in [-0.25, -0.2) is 0 Å². The van der Waals surface area contributed by atoms with E-state index in [1.807, 2.05) is 11.7 Å². The van der Waals surface area contributed by atoms with E-state index in [4.69, 9.17) is 0 Å². The average Bonchev–Trinajstić information content (AvgIpc) is 2.65. The molecule has 1 aliphatic rings. The molecule has 5 heteroatoms. The monoisotopic (exact) mass is 265 g/mol. The van der Waals surface area contributed by atoms with Crippen LogP contribution in [-0.2, 0) is 13.6 Å². The lowest BCUT2D eigenvalue weighted by Gasteiger charge is -2.40. The van der Waals surface area contributed by atoms with E-state index in [2.05, 4.69) is 48.0 Å². The van der Waals surface area contributed by atoms with E-state index in [-0.39, 0.29) is 0 Å². The Labute approximate surface area is 116 Å². The molecule has 0 aromatic carbocycles. The number of hydrogen-bond donors (Lipinski definition) is 1. The summed E-state index contributed by atoms with van der Waals surface area (Å²) in [5, 5.41) is 7.85. The molecule has 0 amide bonds. The highest BCUT2D eigenvalue weighted by molar-refractivity contribution is 5.50. The molecule has 108 valence electrons. The number of rotatable bonds is 4. The summed E-state index contributed by atoms with van der Waals surface area (Å²) >= 11 is 0.